The van der Waals surface area contributed by atoms with Crippen LogP contribution >= 0.6 is 0 Å². The van der Waals surface area contributed by atoms with Gasteiger partial charge in [-0.3, -0.25) is 4.90 Å². The smallest absolute Gasteiger partial charge is 0.138 e. The Morgan fingerprint density at radius 3 is 2.82 bits per heavy atom. The van der Waals surface area contributed by atoms with E-state index in [4.69, 9.17) is 4.52 Å². The quantitative estimate of drug-likeness (QED) is 0.862. The second-order valence-corrected chi connectivity index (χ2v) is 5.90. The first kappa shape index (κ1) is 15.0. The molecule has 2 aromatic rings. The van der Waals surface area contributed by atoms with Crippen molar-refractivity contribution in [3.05, 3.63) is 34.6 Å². The zero-order valence-corrected chi connectivity index (χ0v) is 13.8. The Morgan fingerprint density at radius 1 is 1.32 bits per heavy atom. The van der Waals surface area contributed by atoms with Crippen LogP contribution in [0.15, 0.2) is 10.9 Å². The van der Waals surface area contributed by atoms with Gasteiger partial charge in [0, 0.05) is 44.2 Å². The number of fused-ring (bicyclic) bond motifs is 1. The molecule has 6 heteroatoms. The topological polar surface area (TPSA) is 58.3 Å². The van der Waals surface area contributed by atoms with Crippen molar-refractivity contribution in [2.24, 2.45) is 0 Å². The molecule has 0 N–H and O–H groups in total. The van der Waals surface area contributed by atoms with Crippen LogP contribution in [0.1, 0.15) is 35.2 Å². The highest BCUT2D eigenvalue weighted by Gasteiger charge is 2.22. The van der Waals surface area contributed by atoms with Crippen molar-refractivity contribution in [2.75, 3.05) is 25.0 Å². The van der Waals surface area contributed by atoms with E-state index >= 15 is 0 Å². The van der Waals surface area contributed by atoms with Crippen molar-refractivity contribution < 1.29 is 4.52 Å². The zero-order valence-electron chi connectivity index (χ0n) is 13.8. The molecule has 0 saturated carbocycles. The number of anilines is 1. The van der Waals surface area contributed by atoms with E-state index in [0.29, 0.717) is 0 Å². The fourth-order valence-corrected chi connectivity index (χ4v) is 3.02. The van der Waals surface area contributed by atoms with Crippen molar-refractivity contribution in [3.63, 3.8) is 0 Å². The van der Waals surface area contributed by atoms with E-state index in [1.807, 2.05) is 13.8 Å². The Balaban J connectivity index is 1.89. The predicted molar refractivity (Wildman–Crippen MR) is 84.8 cm³/mol. The molecule has 118 valence electrons. The van der Waals surface area contributed by atoms with Gasteiger partial charge in [-0.05, 0) is 20.4 Å². The van der Waals surface area contributed by atoms with E-state index in [-0.39, 0.29) is 0 Å². The maximum Gasteiger partial charge on any atom is 0.138 e. The van der Waals surface area contributed by atoms with Gasteiger partial charge in [-0.15, -0.1) is 0 Å². The highest BCUT2D eigenvalue weighted by molar-refractivity contribution is 5.49. The van der Waals surface area contributed by atoms with Crippen LogP contribution in [0.4, 0.5) is 5.82 Å². The molecule has 0 unspecified atom stereocenters. The number of likely N-dealkylation sites (N-methyl/N-ethyl adjacent to an activating group) is 1. The van der Waals surface area contributed by atoms with Crippen LogP contribution in [0.5, 0.6) is 0 Å². The molecule has 2 aromatic heterocycles. The highest BCUT2D eigenvalue weighted by atomic mass is 16.5. The van der Waals surface area contributed by atoms with Gasteiger partial charge in [-0.25, -0.2) is 9.97 Å². The largest absolute Gasteiger partial charge is 0.361 e. The van der Waals surface area contributed by atoms with E-state index in [2.05, 4.69) is 38.9 Å². The van der Waals surface area contributed by atoms with E-state index in [9.17, 15) is 0 Å². The van der Waals surface area contributed by atoms with Crippen molar-refractivity contribution in [1.82, 2.24) is 20.0 Å². The molecular formula is C16H23N5O. The zero-order chi connectivity index (χ0) is 15.7. The third kappa shape index (κ3) is 2.70. The number of rotatable bonds is 4. The van der Waals surface area contributed by atoms with Gasteiger partial charge < -0.3 is 9.42 Å². The molecule has 0 atom stereocenters. The van der Waals surface area contributed by atoms with Gasteiger partial charge in [0.15, 0.2) is 0 Å². The lowest BCUT2D eigenvalue weighted by Crippen LogP contribution is -2.33. The molecule has 0 spiro atoms. The molecule has 3 rings (SSSR count). The van der Waals surface area contributed by atoms with Crippen LogP contribution in [-0.2, 0) is 19.5 Å². The lowest BCUT2D eigenvalue weighted by Gasteiger charge is -2.30. The standard InChI is InChI=1S/C16H23N5O/c1-5-21-7-6-15-14(9-21)16(18-10-17-15)20(4)8-13-11(2)19-22-12(13)3/h10H,5-9H2,1-4H3. The highest BCUT2D eigenvalue weighted by Crippen LogP contribution is 2.26. The first-order valence-electron chi connectivity index (χ1n) is 7.78. The van der Waals surface area contributed by atoms with Crippen molar-refractivity contribution >= 4 is 5.82 Å². The summed E-state index contributed by atoms with van der Waals surface area (Å²) in [5.74, 6) is 1.89. The Hall–Kier alpha value is -1.95. The lowest BCUT2D eigenvalue weighted by molar-refractivity contribution is 0.265. The van der Waals surface area contributed by atoms with E-state index in [0.717, 1.165) is 55.4 Å². The minimum atomic E-state index is 0.747. The second-order valence-electron chi connectivity index (χ2n) is 5.90. The van der Waals surface area contributed by atoms with Gasteiger partial charge in [0.2, 0.25) is 0 Å². The molecule has 3 heterocycles. The van der Waals surface area contributed by atoms with Crippen LogP contribution in [0.2, 0.25) is 0 Å². The third-order valence-corrected chi connectivity index (χ3v) is 4.44. The summed E-state index contributed by atoms with van der Waals surface area (Å²) >= 11 is 0. The first-order valence-corrected chi connectivity index (χ1v) is 7.78. The van der Waals surface area contributed by atoms with Crippen molar-refractivity contribution in [2.45, 2.75) is 40.3 Å². The average Bonchev–Trinajstić information content (AvgIpc) is 2.85. The predicted octanol–water partition coefficient (Wildman–Crippen LogP) is 2.10. The van der Waals surface area contributed by atoms with Gasteiger partial charge in [0.25, 0.3) is 0 Å². The molecule has 0 aliphatic carbocycles. The molecule has 1 aliphatic rings. The number of aryl methyl sites for hydroxylation is 2. The minimum absolute atomic E-state index is 0.747. The summed E-state index contributed by atoms with van der Waals surface area (Å²) in [6.45, 7) is 9.94. The maximum atomic E-state index is 5.26. The van der Waals surface area contributed by atoms with Gasteiger partial charge in [0.1, 0.15) is 17.9 Å². The van der Waals surface area contributed by atoms with E-state index < -0.39 is 0 Å². The van der Waals surface area contributed by atoms with E-state index in [1.54, 1.807) is 6.33 Å². The molecule has 0 bridgehead atoms. The molecule has 0 aromatic carbocycles. The van der Waals surface area contributed by atoms with Crippen molar-refractivity contribution in [3.8, 4) is 0 Å². The minimum Gasteiger partial charge on any atom is -0.361 e. The summed E-state index contributed by atoms with van der Waals surface area (Å²) in [6.07, 6.45) is 2.68. The summed E-state index contributed by atoms with van der Waals surface area (Å²) in [5, 5.41) is 4.03. The lowest BCUT2D eigenvalue weighted by atomic mass is 10.1. The molecule has 22 heavy (non-hydrogen) atoms. The summed E-state index contributed by atoms with van der Waals surface area (Å²) in [6, 6.07) is 0. The SMILES string of the molecule is CCN1CCc2ncnc(N(C)Cc3c(C)noc3C)c2C1. The van der Waals surface area contributed by atoms with Crippen LogP contribution in [-0.4, -0.2) is 40.2 Å². The van der Waals surface area contributed by atoms with Crippen LogP contribution < -0.4 is 4.90 Å². The second kappa shape index (κ2) is 6.04. The van der Waals surface area contributed by atoms with Gasteiger partial charge in [-0.2, -0.15) is 0 Å². The molecule has 6 nitrogen and oxygen atoms in total. The van der Waals surface area contributed by atoms with Gasteiger partial charge >= 0.3 is 0 Å². The fraction of sp³-hybridized carbons (Fsp3) is 0.562. The number of aromatic nitrogens is 3. The van der Waals surface area contributed by atoms with Gasteiger partial charge in [-0.1, -0.05) is 12.1 Å². The first-order chi connectivity index (χ1) is 10.6. The Bertz CT molecular complexity index is 647. The summed E-state index contributed by atoms with van der Waals surface area (Å²) in [4.78, 5) is 13.6. The van der Waals surface area contributed by atoms with Gasteiger partial charge in [0.05, 0.1) is 11.4 Å². The van der Waals surface area contributed by atoms with Crippen LogP contribution in [0, 0.1) is 13.8 Å². The average molecular weight is 301 g/mol. The fourth-order valence-electron chi connectivity index (χ4n) is 3.02. The summed E-state index contributed by atoms with van der Waals surface area (Å²) in [5.41, 5.74) is 4.52. The molecule has 0 amide bonds. The molecular weight excluding hydrogens is 278 g/mol. The van der Waals surface area contributed by atoms with Crippen LogP contribution in [0.3, 0.4) is 0 Å². The normalized spacial score (nSPS) is 14.9. The van der Waals surface area contributed by atoms with E-state index in [1.165, 1.54) is 11.3 Å². The number of hydrogen-bond donors (Lipinski definition) is 0. The summed E-state index contributed by atoms with van der Waals surface area (Å²) < 4.78 is 5.26. The third-order valence-electron chi connectivity index (χ3n) is 4.44. The molecule has 1 aliphatic heterocycles. The van der Waals surface area contributed by atoms with Crippen LogP contribution in [0.25, 0.3) is 0 Å². The number of nitrogens with zero attached hydrogens (tertiary/aromatic N) is 5. The monoisotopic (exact) mass is 301 g/mol. The van der Waals surface area contributed by atoms with Crippen molar-refractivity contribution in [1.29, 1.82) is 0 Å². The number of hydrogen-bond acceptors (Lipinski definition) is 6. The molecule has 0 saturated heterocycles. The Kier molecular flexibility index (Phi) is 4.11. The molecule has 0 fully saturated rings. The Labute approximate surface area is 131 Å². The molecule has 0 radical (unpaired) electrons. The maximum absolute atomic E-state index is 5.26. The summed E-state index contributed by atoms with van der Waals surface area (Å²) in [7, 11) is 2.07. The Morgan fingerprint density at radius 2 is 2.14 bits per heavy atom.